The highest BCUT2D eigenvalue weighted by molar-refractivity contribution is 5.81. The second kappa shape index (κ2) is 7.07. The zero-order chi connectivity index (χ0) is 15.3. The molecular formula is C15H28N2O3. The van der Waals surface area contributed by atoms with E-state index in [9.17, 15) is 9.59 Å². The van der Waals surface area contributed by atoms with Gasteiger partial charge in [0.2, 0.25) is 5.91 Å². The number of nitrogens with zero attached hydrogens (tertiary/aromatic N) is 1. The molecule has 0 aromatic rings. The van der Waals surface area contributed by atoms with Crippen LogP contribution in [0.5, 0.6) is 0 Å². The number of piperidine rings is 1. The summed E-state index contributed by atoms with van der Waals surface area (Å²) in [4.78, 5) is 25.9. The summed E-state index contributed by atoms with van der Waals surface area (Å²) in [6.45, 7) is 9.85. The van der Waals surface area contributed by atoms with Crippen LogP contribution in [0.1, 0.15) is 40.5 Å². The van der Waals surface area contributed by atoms with Gasteiger partial charge in [-0.3, -0.25) is 14.9 Å². The van der Waals surface area contributed by atoms with Crippen LogP contribution in [0.3, 0.4) is 0 Å². The van der Waals surface area contributed by atoms with Crippen LogP contribution in [0.15, 0.2) is 0 Å². The second-order valence-electron chi connectivity index (χ2n) is 6.79. The molecule has 5 nitrogen and oxygen atoms in total. The van der Waals surface area contributed by atoms with Gasteiger partial charge in [0.15, 0.2) is 0 Å². The molecule has 1 rings (SSSR count). The molecule has 0 saturated carbocycles. The Kier molecular flexibility index (Phi) is 5.99. The first-order chi connectivity index (χ1) is 9.25. The minimum atomic E-state index is -0.473. The molecule has 1 heterocycles. The summed E-state index contributed by atoms with van der Waals surface area (Å²) in [5, 5.41) is 3.06. The molecule has 0 radical (unpaired) electrons. The predicted octanol–water partition coefficient (Wildman–Crippen LogP) is 1.42. The summed E-state index contributed by atoms with van der Waals surface area (Å²) in [6.07, 6.45) is 2.25. The number of amides is 1. The average Bonchev–Trinajstić information content (AvgIpc) is 2.36. The van der Waals surface area contributed by atoms with Crippen molar-refractivity contribution in [3.63, 3.8) is 0 Å². The minimum Gasteiger partial charge on any atom is -0.468 e. The topological polar surface area (TPSA) is 58.6 Å². The number of rotatable bonds is 4. The van der Waals surface area contributed by atoms with Gasteiger partial charge < -0.3 is 9.64 Å². The normalized spacial score (nSPS) is 21.4. The fourth-order valence-electron chi connectivity index (χ4n) is 2.58. The highest BCUT2D eigenvalue weighted by Gasteiger charge is 2.33. The first-order valence-electron chi connectivity index (χ1n) is 7.34. The lowest BCUT2D eigenvalue weighted by Crippen LogP contribution is -2.51. The van der Waals surface area contributed by atoms with Gasteiger partial charge in [-0.25, -0.2) is 0 Å². The Hall–Kier alpha value is -1.10. The standard InChI is InChI=1S/C15H28N2O3/c1-11-7-6-8-17(10-11)12(18)9-16-13(14(19)20-5)15(2,3)4/h11,13,16H,6-10H2,1-5H3. The minimum absolute atomic E-state index is 0.0645. The molecule has 1 saturated heterocycles. The van der Waals surface area contributed by atoms with E-state index < -0.39 is 6.04 Å². The molecule has 1 fully saturated rings. The molecule has 1 aliphatic rings. The summed E-state index contributed by atoms with van der Waals surface area (Å²) in [6, 6.07) is -0.473. The molecule has 1 N–H and O–H groups in total. The molecular weight excluding hydrogens is 256 g/mol. The molecule has 2 unspecified atom stereocenters. The Bertz CT molecular complexity index is 350. The fourth-order valence-corrected chi connectivity index (χ4v) is 2.58. The van der Waals surface area contributed by atoms with E-state index in [1.807, 2.05) is 25.7 Å². The second-order valence-corrected chi connectivity index (χ2v) is 6.79. The van der Waals surface area contributed by atoms with E-state index in [0.717, 1.165) is 19.5 Å². The van der Waals surface area contributed by atoms with Gasteiger partial charge in [-0.05, 0) is 24.2 Å². The van der Waals surface area contributed by atoms with Crippen molar-refractivity contribution in [3.05, 3.63) is 0 Å². The largest absolute Gasteiger partial charge is 0.468 e. The van der Waals surface area contributed by atoms with Crippen LogP contribution in [-0.2, 0) is 14.3 Å². The summed E-state index contributed by atoms with van der Waals surface area (Å²) in [5.41, 5.74) is -0.289. The van der Waals surface area contributed by atoms with Crippen molar-refractivity contribution in [2.75, 3.05) is 26.7 Å². The Morgan fingerprint density at radius 1 is 1.40 bits per heavy atom. The highest BCUT2D eigenvalue weighted by Crippen LogP contribution is 2.20. The van der Waals surface area contributed by atoms with Gasteiger partial charge >= 0.3 is 5.97 Å². The Balaban J connectivity index is 2.54. The zero-order valence-corrected chi connectivity index (χ0v) is 13.4. The first kappa shape index (κ1) is 17.0. The van der Waals surface area contributed by atoms with Crippen LogP contribution >= 0.6 is 0 Å². The number of likely N-dealkylation sites (tertiary alicyclic amines) is 1. The molecule has 0 aliphatic carbocycles. The third-order valence-electron chi connectivity index (χ3n) is 3.77. The lowest BCUT2D eigenvalue weighted by atomic mass is 9.86. The van der Waals surface area contributed by atoms with Gasteiger partial charge in [-0.15, -0.1) is 0 Å². The van der Waals surface area contributed by atoms with Crippen molar-refractivity contribution in [3.8, 4) is 0 Å². The van der Waals surface area contributed by atoms with Crippen molar-refractivity contribution >= 4 is 11.9 Å². The number of methoxy groups -OCH3 is 1. The molecule has 116 valence electrons. The number of hydrogen-bond donors (Lipinski definition) is 1. The zero-order valence-electron chi connectivity index (χ0n) is 13.4. The van der Waals surface area contributed by atoms with Crippen molar-refractivity contribution in [2.45, 2.75) is 46.6 Å². The summed E-state index contributed by atoms with van der Waals surface area (Å²) in [5.74, 6) is 0.304. The van der Waals surface area contributed by atoms with E-state index in [0.29, 0.717) is 5.92 Å². The fraction of sp³-hybridized carbons (Fsp3) is 0.867. The van der Waals surface area contributed by atoms with Crippen molar-refractivity contribution in [1.82, 2.24) is 10.2 Å². The molecule has 0 aromatic carbocycles. The predicted molar refractivity (Wildman–Crippen MR) is 78.2 cm³/mol. The summed E-state index contributed by atoms with van der Waals surface area (Å²) < 4.78 is 4.81. The van der Waals surface area contributed by atoms with E-state index >= 15 is 0 Å². The van der Waals surface area contributed by atoms with Crippen LogP contribution < -0.4 is 5.32 Å². The van der Waals surface area contributed by atoms with Crippen molar-refractivity contribution in [2.24, 2.45) is 11.3 Å². The lowest BCUT2D eigenvalue weighted by Gasteiger charge is -2.33. The van der Waals surface area contributed by atoms with Gasteiger partial charge in [0.05, 0.1) is 13.7 Å². The number of esters is 1. The van der Waals surface area contributed by atoms with Crippen LogP contribution in [0, 0.1) is 11.3 Å². The maximum atomic E-state index is 12.2. The van der Waals surface area contributed by atoms with Crippen LogP contribution in [0.25, 0.3) is 0 Å². The molecule has 0 bridgehead atoms. The Morgan fingerprint density at radius 3 is 2.55 bits per heavy atom. The van der Waals surface area contributed by atoms with Gasteiger partial charge in [0.25, 0.3) is 0 Å². The SMILES string of the molecule is COC(=O)C(NCC(=O)N1CCCC(C)C1)C(C)(C)C. The van der Waals surface area contributed by atoms with E-state index in [4.69, 9.17) is 4.74 Å². The lowest BCUT2D eigenvalue weighted by molar-refractivity contribution is -0.146. The molecule has 5 heteroatoms. The number of ether oxygens (including phenoxy) is 1. The first-order valence-corrected chi connectivity index (χ1v) is 7.34. The third kappa shape index (κ3) is 4.78. The molecule has 1 amide bonds. The van der Waals surface area contributed by atoms with Gasteiger partial charge in [-0.2, -0.15) is 0 Å². The van der Waals surface area contributed by atoms with Gasteiger partial charge in [-0.1, -0.05) is 27.7 Å². The maximum Gasteiger partial charge on any atom is 0.323 e. The number of nitrogens with one attached hydrogen (secondary N) is 1. The van der Waals surface area contributed by atoms with Crippen LogP contribution in [-0.4, -0.2) is 49.6 Å². The van der Waals surface area contributed by atoms with E-state index in [1.165, 1.54) is 13.5 Å². The third-order valence-corrected chi connectivity index (χ3v) is 3.77. The molecule has 0 aromatic heterocycles. The smallest absolute Gasteiger partial charge is 0.323 e. The number of carbonyl (C=O) groups is 2. The summed E-state index contributed by atoms with van der Waals surface area (Å²) >= 11 is 0. The van der Waals surface area contributed by atoms with Crippen LogP contribution in [0.4, 0.5) is 0 Å². The molecule has 20 heavy (non-hydrogen) atoms. The van der Waals surface area contributed by atoms with E-state index in [1.54, 1.807) is 0 Å². The maximum absolute atomic E-state index is 12.2. The molecule has 0 spiro atoms. The average molecular weight is 284 g/mol. The van der Waals surface area contributed by atoms with Gasteiger partial charge in [0.1, 0.15) is 6.04 Å². The molecule has 2 atom stereocenters. The Labute approximate surface area is 122 Å². The highest BCUT2D eigenvalue weighted by atomic mass is 16.5. The van der Waals surface area contributed by atoms with Gasteiger partial charge in [0, 0.05) is 13.1 Å². The number of carbonyl (C=O) groups excluding carboxylic acids is 2. The monoisotopic (exact) mass is 284 g/mol. The van der Waals surface area contributed by atoms with Crippen molar-refractivity contribution in [1.29, 1.82) is 0 Å². The van der Waals surface area contributed by atoms with E-state index in [-0.39, 0.29) is 23.8 Å². The molecule has 1 aliphatic heterocycles. The number of hydrogen-bond acceptors (Lipinski definition) is 4. The quantitative estimate of drug-likeness (QED) is 0.793. The van der Waals surface area contributed by atoms with E-state index in [2.05, 4.69) is 12.2 Å². The Morgan fingerprint density at radius 2 is 2.05 bits per heavy atom. The van der Waals surface area contributed by atoms with Crippen LogP contribution in [0.2, 0.25) is 0 Å². The summed E-state index contributed by atoms with van der Waals surface area (Å²) in [7, 11) is 1.37. The van der Waals surface area contributed by atoms with Crippen molar-refractivity contribution < 1.29 is 14.3 Å².